The largest absolute Gasteiger partial charge is 0.338 e. The van der Waals surface area contributed by atoms with E-state index in [1.54, 1.807) is 11.3 Å². The molecule has 0 spiro atoms. The maximum Gasteiger partial charge on any atom is 0.257 e. The summed E-state index contributed by atoms with van der Waals surface area (Å²) in [7, 11) is 4.14. The molecule has 0 bridgehead atoms. The molecule has 0 radical (unpaired) electrons. The van der Waals surface area contributed by atoms with Gasteiger partial charge in [-0.3, -0.25) is 9.59 Å². The van der Waals surface area contributed by atoms with Gasteiger partial charge in [-0.25, -0.2) is 0 Å². The van der Waals surface area contributed by atoms with Crippen molar-refractivity contribution in [3.05, 3.63) is 16.0 Å². The molecule has 1 aromatic rings. The minimum atomic E-state index is -0.105. The maximum atomic E-state index is 13.3. The minimum Gasteiger partial charge on any atom is -0.338 e. The van der Waals surface area contributed by atoms with E-state index in [1.807, 2.05) is 11.9 Å². The topological polar surface area (TPSA) is 53.9 Å². The number of hydrogen-bond acceptors (Lipinski definition) is 3. The summed E-state index contributed by atoms with van der Waals surface area (Å²) >= 11 is 1.60. The molecular weight excluding hydrogens is 334 g/mol. The normalized spacial score (nSPS) is 26.0. The fourth-order valence-corrected chi connectivity index (χ4v) is 5.50. The van der Waals surface area contributed by atoms with Crippen LogP contribution in [-0.2, 0) is 17.6 Å². The van der Waals surface area contributed by atoms with Crippen molar-refractivity contribution in [2.75, 3.05) is 32.5 Å². The van der Waals surface area contributed by atoms with E-state index in [4.69, 9.17) is 0 Å². The van der Waals surface area contributed by atoms with Gasteiger partial charge in [0.2, 0.25) is 5.91 Å². The molecule has 1 aliphatic carbocycles. The number of likely N-dealkylation sites (tertiary alicyclic amines) is 1. The lowest BCUT2D eigenvalue weighted by Gasteiger charge is -2.33. The Labute approximate surface area is 154 Å². The predicted molar refractivity (Wildman–Crippen MR) is 102 cm³/mol. The molecule has 1 saturated heterocycles. The Morgan fingerprint density at radius 1 is 1.24 bits per heavy atom. The Morgan fingerprint density at radius 2 is 1.92 bits per heavy atom. The van der Waals surface area contributed by atoms with Crippen molar-refractivity contribution in [3.63, 3.8) is 0 Å². The second kappa shape index (κ2) is 7.46. The quantitative estimate of drug-likeness (QED) is 0.856. The van der Waals surface area contributed by atoms with Crippen LogP contribution in [0.1, 0.15) is 53.9 Å². The van der Waals surface area contributed by atoms with Gasteiger partial charge in [-0.05, 0) is 30.7 Å². The van der Waals surface area contributed by atoms with Crippen molar-refractivity contribution in [2.45, 2.75) is 52.0 Å². The Hall–Kier alpha value is -1.40. The van der Waals surface area contributed by atoms with Crippen LogP contribution in [0.25, 0.3) is 0 Å². The van der Waals surface area contributed by atoms with Crippen LogP contribution in [0.15, 0.2) is 0 Å². The van der Waals surface area contributed by atoms with Crippen LogP contribution in [0, 0.1) is 5.92 Å². The summed E-state index contributed by atoms with van der Waals surface area (Å²) in [5.41, 5.74) is 1.94. The average molecular weight is 365 g/mol. The molecule has 2 heterocycles. The van der Waals surface area contributed by atoms with Crippen LogP contribution >= 0.6 is 11.3 Å². The van der Waals surface area contributed by atoms with E-state index in [2.05, 4.69) is 19.3 Å². The monoisotopic (exact) mass is 364 g/mol. The fourth-order valence-electron chi connectivity index (χ4n) is 4.05. The Balaban J connectivity index is 1.88. The predicted octanol–water partition coefficient (Wildman–Crippen LogP) is 1.58. The first-order valence-corrected chi connectivity index (χ1v) is 10.2. The van der Waals surface area contributed by atoms with Gasteiger partial charge in [0.1, 0.15) is 5.00 Å². The smallest absolute Gasteiger partial charge is 0.257 e. The van der Waals surface area contributed by atoms with Crippen molar-refractivity contribution in [2.24, 2.45) is 5.92 Å². The molecule has 1 fully saturated rings. The van der Waals surface area contributed by atoms with Crippen LogP contribution < -0.4 is 10.2 Å². The van der Waals surface area contributed by atoms with Gasteiger partial charge in [0.05, 0.1) is 25.7 Å². The summed E-state index contributed by atoms with van der Waals surface area (Å²) in [6.07, 6.45) is 5.17. The van der Waals surface area contributed by atoms with Gasteiger partial charge in [-0.1, -0.05) is 6.92 Å². The highest BCUT2D eigenvalue weighted by Gasteiger charge is 2.33. The number of amides is 2. The summed E-state index contributed by atoms with van der Waals surface area (Å²) < 4.78 is 0. The number of nitrogens with one attached hydrogen (secondary N) is 2. The zero-order valence-corrected chi connectivity index (χ0v) is 16.6. The third-order valence-electron chi connectivity index (χ3n) is 5.69. The highest BCUT2D eigenvalue weighted by Crippen LogP contribution is 2.40. The van der Waals surface area contributed by atoms with E-state index in [0.717, 1.165) is 55.8 Å². The second-order valence-electron chi connectivity index (χ2n) is 7.84. The van der Waals surface area contributed by atoms with E-state index >= 15 is 0 Å². The number of nitrogens with zero attached hydrogens (tertiary/aromatic N) is 1. The van der Waals surface area contributed by atoms with Crippen molar-refractivity contribution in [1.29, 1.82) is 0 Å². The first-order valence-electron chi connectivity index (χ1n) is 9.37. The highest BCUT2D eigenvalue weighted by atomic mass is 32.1. The molecular formula is C19H30N3O2S+. The Bertz CT molecular complexity index is 662. The number of anilines is 1. The lowest BCUT2D eigenvalue weighted by Crippen LogP contribution is -3.10. The molecule has 2 amide bonds. The molecule has 1 atom stereocenters. The standard InChI is InChI=1S/C19H29N3O2S/c1-12-5-6-15-16(11-12)25-18(20-13(2)23)17(15)19(24)22(4)14-7-9-21(3)10-8-14/h12,14H,5-11H2,1-4H3,(H,20,23)/p+1/t12-/m1/s1. The van der Waals surface area contributed by atoms with Gasteiger partial charge in [0.15, 0.2) is 0 Å². The van der Waals surface area contributed by atoms with Crippen molar-refractivity contribution in [1.82, 2.24) is 4.90 Å². The number of rotatable bonds is 3. The second-order valence-corrected chi connectivity index (χ2v) is 8.95. The summed E-state index contributed by atoms with van der Waals surface area (Å²) in [5.74, 6) is 0.625. The SMILES string of the molecule is CC(=O)Nc1sc2c(c1C(=O)N(C)C1CC[NH+](C)CC1)CC[C@@H](C)C2. The Kier molecular flexibility index (Phi) is 5.49. The number of carbonyl (C=O) groups is 2. The summed E-state index contributed by atoms with van der Waals surface area (Å²) in [4.78, 5) is 29.7. The maximum absolute atomic E-state index is 13.3. The van der Waals surface area contributed by atoms with Gasteiger partial charge >= 0.3 is 0 Å². The molecule has 5 nitrogen and oxygen atoms in total. The molecule has 0 saturated carbocycles. The van der Waals surface area contributed by atoms with Crippen LogP contribution in [-0.4, -0.2) is 49.9 Å². The lowest BCUT2D eigenvalue weighted by molar-refractivity contribution is -0.885. The van der Waals surface area contributed by atoms with Gasteiger partial charge in [-0.15, -0.1) is 11.3 Å². The molecule has 2 aliphatic rings. The number of piperidine rings is 1. The molecule has 1 aliphatic heterocycles. The van der Waals surface area contributed by atoms with E-state index in [0.29, 0.717) is 12.0 Å². The molecule has 1 aromatic heterocycles. The van der Waals surface area contributed by atoms with Crippen molar-refractivity contribution in [3.8, 4) is 0 Å². The minimum absolute atomic E-state index is 0.0837. The zero-order chi connectivity index (χ0) is 18.1. The number of hydrogen-bond donors (Lipinski definition) is 2. The third kappa shape index (κ3) is 3.90. The highest BCUT2D eigenvalue weighted by molar-refractivity contribution is 7.17. The zero-order valence-electron chi connectivity index (χ0n) is 15.8. The van der Waals surface area contributed by atoms with Gasteiger partial charge < -0.3 is 15.1 Å². The molecule has 0 aromatic carbocycles. The number of quaternary nitrogens is 1. The van der Waals surface area contributed by atoms with Crippen molar-refractivity contribution >= 4 is 28.2 Å². The first kappa shape index (κ1) is 18.4. The fraction of sp³-hybridized carbons (Fsp3) is 0.684. The van der Waals surface area contributed by atoms with Gasteiger partial charge in [0.25, 0.3) is 5.91 Å². The molecule has 2 N–H and O–H groups in total. The van der Waals surface area contributed by atoms with Crippen LogP contribution in [0.2, 0.25) is 0 Å². The first-order chi connectivity index (χ1) is 11.9. The van der Waals surface area contributed by atoms with E-state index in [1.165, 1.54) is 22.3 Å². The van der Waals surface area contributed by atoms with Crippen LogP contribution in [0.3, 0.4) is 0 Å². The molecule has 0 unspecified atom stereocenters. The van der Waals surface area contributed by atoms with Gasteiger partial charge in [0, 0.05) is 37.7 Å². The van der Waals surface area contributed by atoms with Crippen molar-refractivity contribution < 1.29 is 14.5 Å². The van der Waals surface area contributed by atoms with Gasteiger partial charge in [-0.2, -0.15) is 0 Å². The Morgan fingerprint density at radius 3 is 2.56 bits per heavy atom. The number of carbonyl (C=O) groups excluding carboxylic acids is 2. The number of fused-ring (bicyclic) bond motifs is 1. The molecule has 3 rings (SSSR count). The lowest BCUT2D eigenvalue weighted by atomic mass is 9.88. The molecule has 25 heavy (non-hydrogen) atoms. The van der Waals surface area contributed by atoms with Crippen LogP contribution in [0.5, 0.6) is 0 Å². The summed E-state index contributed by atoms with van der Waals surface area (Å²) in [5, 5.41) is 3.67. The number of thiophene rings is 1. The average Bonchev–Trinajstić information content (AvgIpc) is 2.90. The molecule has 138 valence electrons. The summed E-state index contributed by atoms with van der Waals surface area (Å²) in [6.45, 7) is 5.99. The van der Waals surface area contributed by atoms with E-state index in [9.17, 15) is 9.59 Å². The molecule has 6 heteroatoms. The third-order valence-corrected chi connectivity index (χ3v) is 6.86. The van der Waals surface area contributed by atoms with E-state index < -0.39 is 0 Å². The summed E-state index contributed by atoms with van der Waals surface area (Å²) in [6, 6.07) is 0.305. The van der Waals surface area contributed by atoms with Crippen LogP contribution in [0.4, 0.5) is 5.00 Å². The van der Waals surface area contributed by atoms with E-state index in [-0.39, 0.29) is 11.8 Å².